The summed E-state index contributed by atoms with van der Waals surface area (Å²) < 4.78 is 13.5. The van der Waals surface area contributed by atoms with Crippen LogP contribution >= 0.6 is 0 Å². The maximum Gasteiger partial charge on any atom is 0.243 e. The molecule has 2 heterocycles. The number of amides is 1. The number of rotatable bonds is 5. The number of aryl methyl sites for hydroxylation is 1. The molecule has 1 unspecified atom stereocenters. The first-order valence-corrected chi connectivity index (χ1v) is 7.52. The first-order chi connectivity index (χ1) is 10.8. The van der Waals surface area contributed by atoms with E-state index in [1.807, 2.05) is 6.07 Å². The molecule has 5 nitrogen and oxygen atoms in total. The van der Waals surface area contributed by atoms with Crippen LogP contribution in [0.3, 0.4) is 0 Å². The van der Waals surface area contributed by atoms with Gasteiger partial charge in [0, 0.05) is 25.2 Å². The van der Waals surface area contributed by atoms with Crippen molar-refractivity contribution in [2.45, 2.75) is 25.3 Å². The molecule has 0 saturated heterocycles. The Morgan fingerprint density at radius 3 is 3.14 bits per heavy atom. The van der Waals surface area contributed by atoms with Gasteiger partial charge >= 0.3 is 0 Å². The summed E-state index contributed by atoms with van der Waals surface area (Å²) in [5.41, 5.74) is 2.48. The molecule has 0 aliphatic carbocycles. The zero-order chi connectivity index (χ0) is 15.4. The van der Waals surface area contributed by atoms with Crippen molar-refractivity contribution >= 4 is 5.91 Å². The molecule has 0 fully saturated rings. The minimum absolute atomic E-state index is 0.0819. The molecule has 3 rings (SSSR count). The largest absolute Gasteiger partial charge is 0.354 e. The molecule has 0 saturated carbocycles. The first-order valence-electron chi connectivity index (χ1n) is 7.52. The van der Waals surface area contributed by atoms with Crippen LogP contribution in [0.25, 0.3) is 0 Å². The maximum atomic E-state index is 13.5. The molecule has 1 atom stereocenters. The first kappa shape index (κ1) is 14.7. The molecule has 3 N–H and O–H groups in total. The van der Waals surface area contributed by atoms with Gasteiger partial charge in [0.25, 0.3) is 0 Å². The van der Waals surface area contributed by atoms with Crippen LogP contribution in [0.2, 0.25) is 0 Å². The fraction of sp³-hybridized carbons (Fsp3) is 0.375. The number of H-pyrrole nitrogens is 1. The highest BCUT2D eigenvalue weighted by atomic mass is 19.1. The third-order valence-corrected chi connectivity index (χ3v) is 3.89. The Labute approximate surface area is 128 Å². The minimum Gasteiger partial charge on any atom is -0.354 e. The Morgan fingerprint density at radius 1 is 1.41 bits per heavy atom. The highest BCUT2D eigenvalue weighted by Gasteiger charge is 2.27. The lowest BCUT2D eigenvalue weighted by Crippen LogP contribution is -2.41. The van der Waals surface area contributed by atoms with E-state index < -0.39 is 6.04 Å². The molecule has 116 valence electrons. The van der Waals surface area contributed by atoms with E-state index in [1.165, 1.54) is 6.07 Å². The summed E-state index contributed by atoms with van der Waals surface area (Å²) in [7, 11) is 0. The number of benzene rings is 1. The van der Waals surface area contributed by atoms with Gasteiger partial charge in [0.15, 0.2) is 0 Å². The zero-order valence-electron chi connectivity index (χ0n) is 12.2. The lowest BCUT2D eigenvalue weighted by Gasteiger charge is -2.22. The van der Waals surface area contributed by atoms with Gasteiger partial charge in [-0.3, -0.25) is 4.79 Å². The van der Waals surface area contributed by atoms with Crippen LogP contribution in [0.1, 0.15) is 29.4 Å². The van der Waals surface area contributed by atoms with Gasteiger partial charge in [0.2, 0.25) is 5.91 Å². The summed E-state index contributed by atoms with van der Waals surface area (Å²) >= 11 is 0. The topological polar surface area (TPSA) is 69.8 Å². The number of aromatic amines is 1. The molecule has 22 heavy (non-hydrogen) atoms. The molecule has 1 aliphatic rings. The second-order valence-electron chi connectivity index (χ2n) is 5.39. The molecule has 1 aliphatic heterocycles. The average molecular weight is 302 g/mol. The van der Waals surface area contributed by atoms with Gasteiger partial charge in [-0.25, -0.2) is 9.37 Å². The number of hydrogen-bond acceptors (Lipinski definition) is 3. The van der Waals surface area contributed by atoms with Gasteiger partial charge in [0.1, 0.15) is 11.9 Å². The van der Waals surface area contributed by atoms with Crippen LogP contribution in [0.15, 0.2) is 30.6 Å². The second kappa shape index (κ2) is 6.70. The van der Waals surface area contributed by atoms with Gasteiger partial charge in [-0.15, -0.1) is 0 Å². The lowest BCUT2D eigenvalue weighted by atomic mass is 10.0. The van der Waals surface area contributed by atoms with E-state index >= 15 is 0 Å². The normalized spacial score (nSPS) is 17.0. The number of fused-ring (bicyclic) bond motifs is 1. The van der Waals surface area contributed by atoms with Crippen LogP contribution < -0.4 is 10.6 Å². The number of hydrogen-bond donors (Lipinski definition) is 3. The van der Waals surface area contributed by atoms with Crippen molar-refractivity contribution < 1.29 is 9.18 Å². The second-order valence-corrected chi connectivity index (χ2v) is 5.39. The van der Waals surface area contributed by atoms with Crippen molar-refractivity contribution in [2.75, 3.05) is 13.1 Å². The van der Waals surface area contributed by atoms with E-state index in [-0.39, 0.29) is 11.7 Å². The molecule has 1 aromatic heterocycles. The summed E-state index contributed by atoms with van der Waals surface area (Å²) in [6.07, 6.45) is 3.79. The number of nitrogens with zero attached hydrogens (tertiary/aromatic N) is 1. The summed E-state index contributed by atoms with van der Waals surface area (Å²) in [6.45, 7) is 1.27. The van der Waals surface area contributed by atoms with Crippen molar-refractivity contribution in [3.63, 3.8) is 0 Å². The maximum absolute atomic E-state index is 13.5. The van der Waals surface area contributed by atoms with Crippen LogP contribution in [0, 0.1) is 5.82 Å². The van der Waals surface area contributed by atoms with Crippen LogP contribution in [0.4, 0.5) is 4.39 Å². The zero-order valence-corrected chi connectivity index (χ0v) is 12.2. The third kappa shape index (κ3) is 3.17. The highest BCUT2D eigenvalue weighted by molar-refractivity contribution is 5.83. The predicted molar refractivity (Wildman–Crippen MR) is 80.8 cm³/mol. The van der Waals surface area contributed by atoms with E-state index in [1.54, 1.807) is 18.5 Å². The van der Waals surface area contributed by atoms with Crippen LogP contribution in [-0.2, 0) is 17.6 Å². The number of imidazole rings is 1. The quantitative estimate of drug-likeness (QED) is 0.733. The standard InChI is InChI=1S/C16H19FN4O/c17-12-6-2-1-4-11(12)5-3-8-19-16(22)15-14-13(7-9-18-15)20-10-21-14/h1-2,4,6,10,15,18H,3,5,7-9H2,(H,19,22)(H,20,21). The van der Waals surface area contributed by atoms with Crippen molar-refractivity contribution in [1.82, 2.24) is 20.6 Å². The van der Waals surface area contributed by atoms with Gasteiger partial charge in [-0.1, -0.05) is 18.2 Å². The Kier molecular flexibility index (Phi) is 4.48. The van der Waals surface area contributed by atoms with Gasteiger partial charge in [-0.05, 0) is 24.5 Å². The third-order valence-electron chi connectivity index (χ3n) is 3.89. The van der Waals surface area contributed by atoms with E-state index in [4.69, 9.17) is 0 Å². The predicted octanol–water partition coefficient (Wildman–Crippen LogP) is 1.48. The van der Waals surface area contributed by atoms with Crippen molar-refractivity contribution in [1.29, 1.82) is 0 Å². The minimum atomic E-state index is -0.400. The summed E-state index contributed by atoms with van der Waals surface area (Å²) in [4.78, 5) is 19.5. The number of carbonyl (C=O) groups excluding carboxylic acids is 1. The molecule has 0 bridgehead atoms. The van der Waals surface area contributed by atoms with E-state index in [0.717, 1.165) is 24.4 Å². The highest BCUT2D eigenvalue weighted by Crippen LogP contribution is 2.19. The molecule has 2 aromatic rings. The number of carbonyl (C=O) groups is 1. The Morgan fingerprint density at radius 2 is 2.27 bits per heavy atom. The van der Waals surface area contributed by atoms with E-state index in [9.17, 15) is 9.18 Å². The SMILES string of the molecule is O=C(NCCCc1ccccc1F)C1NCCc2[nH]cnc21. The molecular weight excluding hydrogens is 283 g/mol. The van der Waals surface area contributed by atoms with Gasteiger partial charge < -0.3 is 15.6 Å². The lowest BCUT2D eigenvalue weighted by molar-refractivity contribution is -0.123. The van der Waals surface area contributed by atoms with Crippen molar-refractivity contribution in [2.24, 2.45) is 0 Å². The molecule has 0 spiro atoms. The van der Waals surface area contributed by atoms with Gasteiger partial charge in [-0.2, -0.15) is 0 Å². The van der Waals surface area contributed by atoms with Crippen molar-refractivity contribution in [3.8, 4) is 0 Å². The Balaban J connectivity index is 1.49. The van der Waals surface area contributed by atoms with Gasteiger partial charge in [0.05, 0.1) is 12.0 Å². The smallest absolute Gasteiger partial charge is 0.243 e. The molecule has 1 amide bonds. The van der Waals surface area contributed by atoms with Crippen LogP contribution in [-0.4, -0.2) is 29.0 Å². The van der Waals surface area contributed by atoms with E-state index in [2.05, 4.69) is 20.6 Å². The Hall–Kier alpha value is -2.21. The molecule has 1 aromatic carbocycles. The summed E-state index contributed by atoms with van der Waals surface area (Å²) in [6, 6.07) is 6.33. The van der Waals surface area contributed by atoms with E-state index in [0.29, 0.717) is 24.9 Å². The monoisotopic (exact) mass is 302 g/mol. The average Bonchev–Trinajstić information content (AvgIpc) is 3.01. The molecular formula is C16H19FN4O. The number of nitrogens with one attached hydrogen (secondary N) is 3. The molecule has 0 radical (unpaired) electrons. The van der Waals surface area contributed by atoms with Crippen LogP contribution in [0.5, 0.6) is 0 Å². The van der Waals surface area contributed by atoms with Crippen molar-refractivity contribution in [3.05, 3.63) is 53.4 Å². The number of halogens is 1. The fourth-order valence-corrected chi connectivity index (χ4v) is 2.73. The Bertz CT molecular complexity index is 655. The summed E-state index contributed by atoms with van der Waals surface area (Å²) in [5, 5.41) is 6.07. The summed E-state index contributed by atoms with van der Waals surface area (Å²) in [5.74, 6) is -0.273. The number of aromatic nitrogens is 2. The fourth-order valence-electron chi connectivity index (χ4n) is 2.73. The molecule has 6 heteroatoms.